The Kier molecular flexibility index (Phi) is 3.66. The van der Waals surface area contributed by atoms with E-state index >= 15 is 0 Å². The quantitative estimate of drug-likeness (QED) is 0.600. The molecule has 1 atom stereocenters. The zero-order valence-electron chi connectivity index (χ0n) is 8.80. The standard InChI is InChI=1S/C11H13NO3S/c13-12(14)9-4-6-10(7-5-9)15-11-3-1-2-8-16-11/h4-7,11H,1-3,8H2. The van der Waals surface area contributed by atoms with Crippen LogP contribution in [-0.4, -0.2) is 16.1 Å². The van der Waals surface area contributed by atoms with Crippen LogP contribution in [0.1, 0.15) is 19.3 Å². The largest absolute Gasteiger partial charge is 0.480 e. The molecule has 0 aliphatic carbocycles. The number of thioether (sulfide) groups is 1. The monoisotopic (exact) mass is 239 g/mol. The van der Waals surface area contributed by atoms with E-state index in [1.807, 2.05) is 11.8 Å². The van der Waals surface area contributed by atoms with Gasteiger partial charge in [-0.25, -0.2) is 0 Å². The fraction of sp³-hybridized carbons (Fsp3) is 0.455. The van der Waals surface area contributed by atoms with Crippen molar-refractivity contribution in [1.82, 2.24) is 0 Å². The lowest BCUT2D eigenvalue weighted by molar-refractivity contribution is -0.384. The van der Waals surface area contributed by atoms with Gasteiger partial charge in [0.05, 0.1) is 4.92 Å². The van der Waals surface area contributed by atoms with E-state index in [1.54, 1.807) is 12.1 Å². The summed E-state index contributed by atoms with van der Waals surface area (Å²) in [4.78, 5) is 10.1. The zero-order valence-corrected chi connectivity index (χ0v) is 9.61. The topological polar surface area (TPSA) is 52.4 Å². The van der Waals surface area contributed by atoms with Crippen LogP contribution in [0.3, 0.4) is 0 Å². The fourth-order valence-corrected chi connectivity index (χ4v) is 2.75. The highest BCUT2D eigenvalue weighted by Gasteiger charge is 2.15. The Balaban J connectivity index is 1.96. The van der Waals surface area contributed by atoms with Crippen molar-refractivity contribution in [3.63, 3.8) is 0 Å². The molecule has 0 aromatic heterocycles. The minimum atomic E-state index is -0.404. The van der Waals surface area contributed by atoms with Gasteiger partial charge in [0.2, 0.25) is 0 Å². The van der Waals surface area contributed by atoms with Crippen LogP contribution in [0.2, 0.25) is 0 Å². The number of nitro groups is 1. The Hall–Kier alpha value is -1.23. The SMILES string of the molecule is O=[N+]([O-])c1ccc(OC2CCCCS2)cc1. The van der Waals surface area contributed by atoms with Crippen molar-refractivity contribution >= 4 is 17.4 Å². The maximum atomic E-state index is 10.5. The van der Waals surface area contributed by atoms with E-state index in [2.05, 4.69) is 0 Å². The van der Waals surface area contributed by atoms with Crippen LogP contribution in [0.4, 0.5) is 5.69 Å². The van der Waals surface area contributed by atoms with E-state index in [-0.39, 0.29) is 11.1 Å². The van der Waals surface area contributed by atoms with Gasteiger partial charge in [0.1, 0.15) is 11.2 Å². The lowest BCUT2D eigenvalue weighted by atomic mass is 10.2. The van der Waals surface area contributed by atoms with Gasteiger partial charge in [-0.1, -0.05) is 0 Å². The second kappa shape index (κ2) is 5.21. The Morgan fingerprint density at radius 3 is 2.62 bits per heavy atom. The Morgan fingerprint density at radius 1 is 1.31 bits per heavy atom. The summed E-state index contributed by atoms with van der Waals surface area (Å²) in [5, 5.41) is 10.5. The van der Waals surface area contributed by atoms with Gasteiger partial charge in [-0.15, -0.1) is 11.8 Å². The molecule has 4 nitrogen and oxygen atoms in total. The summed E-state index contributed by atoms with van der Waals surface area (Å²) < 4.78 is 5.73. The van der Waals surface area contributed by atoms with E-state index in [0.29, 0.717) is 5.75 Å². The summed E-state index contributed by atoms with van der Waals surface area (Å²) in [6.07, 6.45) is 3.51. The number of ether oxygens (including phenoxy) is 1. The number of hydrogen-bond donors (Lipinski definition) is 0. The van der Waals surface area contributed by atoms with E-state index < -0.39 is 4.92 Å². The van der Waals surface area contributed by atoms with Crippen LogP contribution in [0.15, 0.2) is 24.3 Å². The van der Waals surface area contributed by atoms with Gasteiger partial charge in [-0.05, 0) is 37.1 Å². The molecule has 1 aliphatic rings. The molecule has 1 heterocycles. The van der Waals surface area contributed by atoms with Crippen molar-refractivity contribution < 1.29 is 9.66 Å². The van der Waals surface area contributed by atoms with Gasteiger partial charge in [0.25, 0.3) is 5.69 Å². The highest BCUT2D eigenvalue weighted by atomic mass is 32.2. The molecule has 0 amide bonds. The molecule has 1 aliphatic heterocycles. The summed E-state index contributed by atoms with van der Waals surface area (Å²) in [5.74, 6) is 1.85. The molecular weight excluding hydrogens is 226 g/mol. The summed E-state index contributed by atoms with van der Waals surface area (Å²) in [6.45, 7) is 0. The third kappa shape index (κ3) is 2.88. The van der Waals surface area contributed by atoms with Gasteiger partial charge in [-0.3, -0.25) is 10.1 Å². The molecule has 0 radical (unpaired) electrons. The minimum Gasteiger partial charge on any atom is -0.480 e. The molecular formula is C11H13NO3S. The van der Waals surface area contributed by atoms with Crippen LogP contribution < -0.4 is 4.74 Å². The number of benzene rings is 1. The second-order valence-electron chi connectivity index (χ2n) is 3.66. The summed E-state index contributed by atoms with van der Waals surface area (Å²) >= 11 is 1.81. The van der Waals surface area contributed by atoms with Crippen molar-refractivity contribution in [2.45, 2.75) is 24.7 Å². The fourth-order valence-electron chi connectivity index (χ4n) is 1.60. The van der Waals surface area contributed by atoms with Crippen molar-refractivity contribution in [2.24, 2.45) is 0 Å². The third-order valence-electron chi connectivity index (χ3n) is 2.45. The first-order valence-electron chi connectivity index (χ1n) is 5.28. The Labute approximate surface area is 98.1 Å². The lowest BCUT2D eigenvalue weighted by Gasteiger charge is -2.22. The van der Waals surface area contributed by atoms with Crippen molar-refractivity contribution in [1.29, 1.82) is 0 Å². The Morgan fingerprint density at radius 2 is 2.06 bits per heavy atom. The van der Waals surface area contributed by atoms with Crippen molar-refractivity contribution in [3.8, 4) is 5.75 Å². The lowest BCUT2D eigenvalue weighted by Crippen LogP contribution is -2.16. The molecule has 1 aromatic carbocycles. The average Bonchev–Trinajstić information content (AvgIpc) is 2.31. The van der Waals surface area contributed by atoms with Gasteiger partial charge >= 0.3 is 0 Å². The maximum Gasteiger partial charge on any atom is 0.269 e. The maximum absolute atomic E-state index is 10.5. The van der Waals surface area contributed by atoms with Crippen molar-refractivity contribution in [2.75, 3.05) is 5.75 Å². The molecule has 0 bridgehead atoms. The number of non-ortho nitro benzene ring substituents is 1. The smallest absolute Gasteiger partial charge is 0.269 e. The Bertz CT molecular complexity index is 360. The van der Waals surface area contributed by atoms with Gasteiger partial charge in [-0.2, -0.15) is 0 Å². The summed E-state index contributed by atoms with van der Waals surface area (Å²) in [6, 6.07) is 6.27. The summed E-state index contributed by atoms with van der Waals surface area (Å²) in [7, 11) is 0. The van der Waals surface area contributed by atoms with E-state index in [1.165, 1.54) is 25.0 Å². The second-order valence-corrected chi connectivity index (χ2v) is 4.93. The molecule has 5 heteroatoms. The number of nitro benzene ring substituents is 1. The molecule has 1 aromatic rings. The first-order chi connectivity index (χ1) is 7.75. The van der Waals surface area contributed by atoms with Crippen LogP contribution in [-0.2, 0) is 0 Å². The molecule has 86 valence electrons. The molecule has 16 heavy (non-hydrogen) atoms. The average molecular weight is 239 g/mol. The first-order valence-corrected chi connectivity index (χ1v) is 6.33. The predicted molar refractivity (Wildman–Crippen MR) is 63.8 cm³/mol. The predicted octanol–water partition coefficient (Wildman–Crippen LogP) is 3.22. The molecule has 0 saturated carbocycles. The normalized spacial score (nSPS) is 20.4. The van der Waals surface area contributed by atoms with Crippen LogP contribution >= 0.6 is 11.8 Å². The first kappa shape index (κ1) is 11.3. The van der Waals surface area contributed by atoms with E-state index in [4.69, 9.17) is 4.74 Å². The van der Waals surface area contributed by atoms with E-state index in [9.17, 15) is 10.1 Å². The van der Waals surface area contributed by atoms with Crippen LogP contribution in [0.25, 0.3) is 0 Å². The minimum absolute atomic E-state index is 0.101. The molecule has 0 N–H and O–H groups in total. The molecule has 0 spiro atoms. The van der Waals surface area contributed by atoms with Crippen molar-refractivity contribution in [3.05, 3.63) is 34.4 Å². The van der Waals surface area contributed by atoms with Gasteiger partial charge < -0.3 is 4.74 Å². The highest BCUT2D eigenvalue weighted by molar-refractivity contribution is 7.99. The number of nitrogens with zero attached hydrogens (tertiary/aromatic N) is 1. The van der Waals surface area contributed by atoms with Crippen LogP contribution in [0, 0.1) is 10.1 Å². The van der Waals surface area contributed by atoms with E-state index in [0.717, 1.165) is 12.2 Å². The summed E-state index contributed by atoms with van der Waals surface area (Å²) in [5.41, 5.74) is 0.304. The number of hydrogen-bond acceptors (Lipinski definition) is 4. The number of rotatable bonds is 3. The molecule has 1 fully saturated rings. The molecule has 2 rings (SSSR count). The third-order valence-corrected chi connectivity index (χ3v) is 3.68. The molecule has 1 unspecified atom stereocenters. The van der Waals surface area contributed by atoms with Gasteiger partial charge in [0, 0.05) is 12.1 Å². The highest BCUT2D eigenvalue weighted by Crippen LogP contribution is 2.28. The van der Waals surface area contributed by atoms with Crippen LogP contribution in [0.5, 0.6) is 5.75 Å². The molecule has 1 saturated heterocycles. The van der Waals surface area contributed by atoms with Gasteiger partial charge in [0.15, 0.2) is 0 Å². The zero-order chi connectivity index (χ0) is 11.4.